The summed E-state index contributed by atoms with van der Waals surface area (Å²) >= 11 is 0. The fraction of sp³-hybridized carbons (Fsp3) is 0.478. The molecule has 0 saturated carbocycles. The summed E-state index contributed by atoms with van der Waals surface area (Å²) < 4.78 is 7.92. The Bertz CT molecular complexity index is 1140. The summed E-state index contributed by atoms with van der Waals surface area (Å²) in [7, 11) is 1.49. The number of carboxylic acids is 1. The highest BCUT2D eigenvalue weighted by molar-refractivity contribution is 6.13. The number of urea groups is 1. The summed E-state index contributed by atoms with van der Waals surface area (Å²) in [6.07, 6.45) is 3.24. The molecule has 1 unspecified atom stereocenters. The molecular weight excluding hydrogens is 426 g/mol. The van der Waals surface area contributed by atoms with Crippen molar-refractivity contribution in [2.45, 2.75) is 45.3 Å². The Kier molecular flexibility index (Phi) is 5.02. The lowest BCUT2D eigenvalue weighted by molar-refractivity contribution is -0.138. The van der Waals surface area contributed by atoms with Gasteiger partial charge in [0.15, 0.2) is 5.82 Å². The van der Waals surface area contributed by atoms with E-state index < -0.39 is 18.1 Å². The quantitative estimate of drug-likeness (QED) is 0.708. The van der Waals surface area contributed by atoms with Gasteiger partial charge in [-0.2, -0.15) is 0 Å². The molecule has 1 aromatic heterocycles. The number of carbonyl (C=O) groups excluding carboxylic acids is 2. The molecule has 0 spiro atoms. The van der Waals surface area contributed by atoms with Crippen molar-refractivity contribution >= 4 is 29.4 Å². The number of carboxylic acid groups (broad SMARTS) is 1. The number of ether oxygens (including phenoxy) is 1. The second-order valence-electron chi connectivity index (χ2n) is 9.07. The van der Waals surface area contributed by atoms with E-state index in [-0.39, 0.29) is 17.9 Å². The monoisotopic (exact) mass is 453 g/mol. The van der Waals surface area contributed by atoms with Crippen molar-refractivity contribution < 1.29 is 24.2 Å². The molecule has 2 aromatic rings. The van der Waals surface area contributed by atoms with E-state index in [1.54, 1.807) is 6.20 Å². The second-order valence-corrected chi connectivity index (χ2v) is 9.07. The van der Waals surface area contributed by atoms with E-state index in [1.807, 2.05) is 41.5 Å². The number of imidazole rings is 1. The number of likely N-dealkylation sites (N-methyl/N-ethyl adjacent to an activating group) is 1. The molecule has 1 aromatic carbocycles. The lowest BCUT2D eigenvalue weighted by Gasteiger charge is -2.24. The average Bonchev–Trinajstić information content (AvgIpc) is 3.45. The second kappa shape index (κ2) is 7.79. The predicted molar refractivity (Wildman–Crippen MR) is 120 cm³/mol. The summed E-state index contributed by atoms with van der Waals surface area (Å²) in [6, 6.07) is 4.14. The third-order valence-electron chi connectivity index (χ3n) is 6.66. The molecule has 0 bridgehead atoms. The van der Waals surface area contributed by atoms with E-state index >= 15 is 0 Å². The van der Waals surface area contributed by atoms with Crippen LogP contribution in [-0.2, 0) is 16.1 Å². The highest BCUT2D eigenvalue weighted by Crippen LogP contribution is 2.39. The number of aliphatic carboxylic acids is 1. The van der Waals surface area contributed by atoms with E-state index in [0.29, 0.717) is 43.5 Å². The van der Waals surface area contributed by atoms with Crippen molar-refractivity contribution in [1.82, 2.24) is 14.5 Å². The molecule has 1 N–H and O–H groups in total. The number of imide groups is 1. The first-order chi connectivity index (χ1) is 15.8. The van der Waals surface area contributed by atoms with Crippen LogP contribution in [0.4, 0.5) is 16.3 Å². The van der Waals surface area contributed by atoms with E-state index in [4.69, 9.17) is 9.72 Å². The molecule has 33 heavy (non-hydrogen) atoms. The summed E-state index contributed by atoms with van der Waals surface area (Å²) in [5.74, 6) is 0.601. The van der Waals surface area contributed by atoms with E-state index in [0.717, 1.165) is 22.6 Å². The number of hydrogen-bond acceptors (Lipinski definition) is 6. The van der Waals surface area contributed by atoms with Crippen molar-refractivity contribution in [3.63, 3.8) is 0 Å². The van der Waals surface area contributed by atoms with Crippen molar-refractivity contribution in [2.24, 2.45) is 5.92 Å². The summed E-state index contributed by atoms with van der Waals surface area (Å²) in [6.45, 7) is 5.45. The van der Waals surface area contributed by atoms with Crippen LogP contribution in [0.3, 0.4) is 0 Å². The minimum absolute atomic E-state index is 0.0614. The number of anilines is 2. The number of hydrogen-bond donors (Lipinski definition) is 1. The Morgan fingerprint density at radius 1 is 1.24 bits per heavy atom. The van der Waals surface area contributed by atoms with Gasteiger partial charge in [-0.05, 0) is 30.9 Å². The highest BCUT2D eigenvalue weighted by Gasteiger charge is 2.46. The van der Waals surface area contributed by atoms with Crippen molar-refractivity contribution in [2.75, 3.05) is 30.0 Å². The third kappa shape index (κ3) is 3.32. The van der Waals surface area contributed by atoms with Crippen LogP contribution >= 0.6 is 0 Å². The molecule has 2 saturated heterocycles. The Balaban J connectivity index is 1.53. The number of rotatable bonds is 4. The average molecular weight is 453 g/mol. The SMILES string of the molecule is CC(C)C1C(=O)N(C)C(=O)N1c1cn2c(n1)-c1ccc(N3CCC[C@H]3C(=O)O)cc1OCC2. The van der Waals surface area contributed by atoms with E-state index in [2.05, 4.69) is 0 Å². The predicted octanol–water partition coefficient (Wildman–Crippen LogP) is 2.42. The Hall–Kier alpha value is -3.56. The largest absolute Gasteiger partial charge is 0.491 e. The number of amides is 3. The van der Waals surface area contributed by atoms with Gasteiger partial charge < -0.3 is 19.3 Å². The van der Waals surface area contributed by atoms with Gasteiger partial charge in [-0.15, -0.1) is 0 Å². The first-order valence-corrected chi connectivity index (χ1v) is 11.2. The molecule has 2 fully saturated rings. The summed E-state index contributed by atoms with van der Waals surface area (Å²) in [5.41, 5.74) is 1.57. The minimum Gasteiger partial charge on any atom is -0.491 e. The van der Waals surface area contributed by atoms with Gasteiger partial charge in [0.25, 0.3) is 5.91 Å². The molecule has 3 amide bonds. The lowest BCUT2D eigenvalue weighted by Crippen LogP contribution is -2.39. The zero-order valence-electron chi connectivity index (χ0n) is 18.9. The Morgan fingerprint density at radius 3 is 2.76 bits per heavy atom. The first-order valence-electron chi connectivity index (χ1n) is 11.2. The molecule has 5 rings (SSSR count). The summed E-state index contributed by atoms with van der Waals surface area (Å²) in [4.78, 5) is 46.4. The zero-order valence-corrected chi connectivity index (χ0v) is 18.9. The van der Waals surface area contributed by atoms with Gasteiger partial charge in [-0.3, -0.25) is 14.6 Å². The number of fused-ring (bicyclic) bond motifs is 3. The van der Waals surface area contributed by atoms with Gasteiger partial charge in [0, 0.05) is 31.5 Å². The minimum atomic E-state index is -0.821. The molecule has 4 heterocycles. The Labute approximate surface area is 191 Å². The summed E-state index contributed by atoms with van der Waals surface area (Å²) in [5, 5.41) is 9.54. The maximum Gasteiger partial charge on any atom is 0.332 e. The first kappa shape index (κ1) is 21.3. The van der Waals surface area contributed by atoms with Gasteiger partial charge in [-0.25, -0.2) is 14.6 Å². The van der Waals surface area contributed by atoms with Crippen LogP contribution in [0, 0.1) is 5.92 Å². The standard InChI is InChI=1S/C23H27N5O5/c1-13(2)19-21(29)25(3)23(32)28(19)18-12-26-9-10-33-17-11-14(6-7-15(17)20(26)24-18)27-8-4-5-16(27)22(30)31/h6-7,11-13,16,19H,4-5,8-10H2,1-3H3,(H,30,31)/t16-,19?/m0/s1. The number of benzene rings is 1. The van der Waals surface area contributed by atoms with Gasteiger partial charge in [0.1, 0.15) is 30.3 Å². The topological polar surface area (TPSA) is 108 Å². The molecule has 0 aliphatic carbocycles. The molecule has 3 aliphatic rings. The smallest absolute Gasteiger partial charge is 0.332 e. The molecule has 174 valence electrons. The normalized spacial score (nSPS) is 22.5. The van der Waals surface area contributed by atoms with Crippen LogP contribution < -0.4 is 14.5 Å². The fourth-order valence-corrected chi connectivity index (χ4v) is 4.99. The molecule has 0 radical (unpaired) electrons. The van der Waals surface area contributed by atoms with Crippen molar-refractivity contribution in [1.29, 1.82) is 0 Å². The van der Waals surface area contributed by atoms with Gasteiger partial charge in [0.2, 0.25) is 0 Å². The van der Waals surface area contributed by atoms with Gasteiger partial charge in [0.05, 0.1) is 12.1 Å². The number of carbonyl (C=O) groups is 3. The van der Waals surface area contributed by atoms with Crippen LogP contribution in [0.2, 0.25) is 0 Å². The van der Waals surface area contributed by atoms with Crippen molar-refractivity contribution in [3.8, 4) is 17.1 Å². The van der Waals surface area contributed by atoms with Crippen LogP contribution in [0.1, 0.15) is 26.7 Å². The molecule has 10 heteroatoms. The van der Waals surface area contributed by atoms with E-state index in [1.165, 1.54) is 11.9 Å². The molecule has 2 atom stereocenters. The van der Waals surface area contributed by atoms with E-state index in [9.17, 15) is 19.5 Å². The number of nitrogens with zero attached hydrogens (tertiary/aromatic N) is 5. The third-order valence-corrected chi connectivity index (χ3v) is 6.66. The molecule has 3 aliphatic heterocycles. The lowest BCUT2D eigenvalue weighted by atomic mass is 10.0. The van der Waals surface area contributed by atoms with Crippen LogP contribution in [0.5, 0.6) is 5.75 Å². The van der Waals surface area contributed by atoms with Gasteiger partial charge in [-0.1, -0.05) is 13.8 Å². The van der Waals surface area contributed by atoms with Crippen molar-refractivity contribution in [3.05, 3.63) is 24.4 Å². The van der Waals surface area contributed by atoms with Crippen LogP contribution in [-0.4, -0.2) is 69.7 Å². The maximum atomic E-state index is 12.8. The maximum absolute atomic E-state index is 12.8. The van der Waals surface area contributed by atoms with Gasteiger partial charge >= 0.3 is 12.0 Å². The Morgan fingerprint density at radius 2 is 2.03 bits per heavy atom. The fourth-order valence-electron chi connectivity index (χ4n) is 4.99. The van der Waals surface area contributed by atoms with Crippen LogP contribution in [0.15, 0.2) is 24.4 Å². The van der Waals surface area contributed by atoms with Crippen LogP contribution in [0.25, 0.3) is 11.4 Å². The highest BCUT2D eigenvalue weighted by atomic mass is 16.5. The number of aromatic nitrogens is 2. The molecule has 10 nitrogen and oxygen atoms in total. The molecular formula is C23H27N5O5. The zero-order chi connectivity index (χ0) is 23.4.